The van der Waals surface area contributed by atoms with E-state index in [0.717, 1.165) is 6.54 Å². The van der Waals surface area contributed by atoms with Crippen LogP contribution < -0.4 is 4.72 Å². The molecule has 0 aromatic carbocycles. The largest absolute Gasteiger partial charge is 0.251 e. The normalized spacial score (nSPS) is 19.2. The van der Waals surface area contributed by atoms with Crippen LogP contribution in [0.2, 0.25) is 0 Å². The lowest BCUT2D eigenvalue weighted by molar-refractivity contribution is 0.706. The summed E-state index contributed by atoms with van der Waals surface area (Å²) in [5, 5.41) is 0. The maximum Gasteiger partial charge on any atom is 0.0276 e. The van der Waals surface area contributed by atoms with E-state index >= 15 is 0 Å². The lowest BCUT2D eigenvalue weighted by Gasteiger charge is -2.03. The first kappa shape index (κ1) is 9.49. The highest BCUT2D eigenvalue weighted by molar-refractivity contribution is 8.67. The van der Waals surface area contributed by atoms with Gasteiger partial charge in [0.1, 0.15) is 0 Å². The van der Waals surface area contributed by atoms with Crippen molar-refractivity contribution in [2.75, 3.05) is 6.54 Å². The van der Waals surface area contributed by atoms with E-state index in [9.17, 15) is 0 Å². The molecule has 0 radical (unpaired) electrons. The molecule has 1 aliphatic rings. The van der Waals surface area contributed by atoms with Gasteiger partial charge in [-0.05, 0) is 36.7 Å². The Morgan fingerprint density at radius 1 is 1.45 bits per heavy atom. The second-order valence-electron chi connectivity index (χ2n) is 2.87. The maximum atomic E-state index is 4.03. The first-order chi connectivity index (χ1) is 5.43. The van der Waals surface area contributed by atoms with Crippen molar-refractivity contribution in [1.82, 2.24) is 4.72 Å². The summed E-state index contributed by atoms with van der Waals surface area (Å²) in [6, 6.07) is 0. The van der Waals surface area contributed by atoms with Crippen molar-refractivity contribution < 1.29 is 0 Å². The summed E-state index contributed by atoms with van der Waals surface area (Å²) in [4.78, 5) is 0. The third-order valence-electron chi connectivity index (χ3n) is 2.00. The van der Waals surface area contributed by atoms with Crippen LogP contribution in [0.15, 0.2) is 11.6 Å². The zero-order valence-corrected chi connectivity index (χ0v) is 8.39. The van der Waals surface area contributed by atoms with Crippen LogP contribution in [0.1, 0.15) is 32.1 Å². The second-order valence-corrected chi connectivity index (χ2v) is 3.89. The van der Waals surface area contributed by atoms with Gasteiger partial charge in [0.15, 0.2) is 0 Å². The van der Waals surface area contributed by atoms with Gasteiger partial charge in [0.25, 0.3) is 0 Å². The predicted octanol–water partition coefficient (Wildman–Crippen LogP) is 2.96. The molecule has 1 nitrogen and oxygen atoms in total. The molecular formula is C8H15NS2. The van der Waals surface area contributed by atoms with Crippen LogP contribution in [0.3, 0.4) is 0 Å². The molecule has 0 unspecified atom stereocenters. The molecule has 0 aliphatic heterocycles. The first-order valence-electron chi connectivity index (χ1n) is 4.14. The summed E-state index contributed by atoms with van der Waals surface area (Å²) < 4.78 is 3.16. The van der Waals surface area contributed by atoms with Crippen LogP contribution in [0.4, 0.5) is 0 Å². The van der Waals surface area contributed by atoms with E-state index in [2.05, 4.69) is 22.5 Å². The minimum absolute atomic E-state index is 1.01. The van der Waals surface area contributed by atoms with Gasteiger partial charge in [-0.25, -0.2) is 0 Å². The minimum atomic E-state index is 1.01. The Hall–Kier alpha value is 0.400. The fourth-order valence-electron chi connectivity index (χ4n) is 1.37. The lowest BCUT2D eigenvalue weighted by Crippen LogP contribution is -2.05. The summed E-state index contributed by atoms with van der Waals surface area (Å²) >= 11 is 4.03. The fourth-order valence-corrected chi connectivity index (χ4v) is 1.81. The zero-order chi connectivity index (χ0) is 7.94. The van der Waals surface area contributed by atoms with Crippen LogP contribution in [-0.4, -0.2) is 6.54 Å². The third kappa shape index (κ3) is 4.09. The molecule has 11 heavy (non-hydrogen) atoms. The van der Waals surface area contributed by atoms with E-state index in [4.69, 9.17) is 0 Å². The van der Waals surface area contributed by atoms with Gasteiger partial charge in [-0.1, -0.05) is 29.7 Å². The standard InChI is InChI=1S/C8H15NS2/c10-11-9-7-8-5-3-1-2-4-6-8/h5,9-10H,1-4,6-7H2. The van der Waals surface area contributed by atoms with Crippen molar-refractivity contribution in [2.24, 2.45) is 0 Å². The van der Waals surface area contributed by atoms with Crippen LogP contribution in [0.5, 0.6) is 0 Å². The Kier molecular flexibility index (Phi) is 5.15. The molecule has 0 spiro atoms. The summed E-state index contributed by atoms with van der Waals surface area (Å²) in [5.41, 5.74) is 1.56. The van der Waals surface area contributed by atoms with E-state index in [1.54, 1.807) is 5.57 Å². The molecule has 1 aliphatic carbocycles. The monoisotopic (exact) mass is 189 g/mol. The summed E-state index contributed by atoms with van der Waals surface area (Å²) in [6.07, 6.45) is 9.07. The van der Waals surface area contributed by atoms with E-state index in [-0.39, 0.29) is 0 Å². The molecule has 64 valence electrons. The average molecular weight is 189 g/mol. The molecular weight excluding hydrogens is 174 g/mol. The van der Waals surface area contributed by atoms with Crippen molar-refractivity contribution in [3.8, 4) is 0 Å². The van der Waals surface area contributed by atoms with Gasteiger partial charge in [-0.3, -0.25) is 4.72 Å². The lowest BCUT2D eigenvalue weighted by atomic mass is 10.1. The highest BCUT2D eigenvalue weighted by Crippen LogP contribution is 2.16. The van der Waals surface area contributed by atoms with Crippen LogP contribution in [0.25, 0.3) is 0 Å². The second kappa shape index (κ2) is 5.98. The fraction of sp³-hybridized carbons (Fsp3) is 0.750. The van der Waals surface area contributed by atoms with Gasteiger partial charge in [-0.15, -0.1) is 0 Å². The van der Waals surface area contributed by atoms with Gasteiger partial charge in [0, 0.05) is 6.54 Å². The molecule has 0 bridgehead atoms. The molecule has 1 rings (SSSR count). The summed E-state index contributed by atoms with van der Waals surface area (Å²) in [7, 11) is 1.41. The molecule has 1 N–H and O–H groups in total. The molecule has 0 heterocycles. The number of hydrogen-bond acceptors (Lipinski definition) is 3. The number of hydrogen-bond donors (Lipinski definition) is 2. The molecule has 0 aromatic heterocycles. The van der Waals surface area contributed by atoms with Crippen LogP contribution in [0, 0.1) is 0 Å². The first-order valence-corrected chi connectivity index (χ1v) is 6.01. The number of thiol groups is 1. The van der Waals surface area contributed by atoms with E-state index in [1.165, 1.54) is 43.1 Å². The molecule has 0 amide bonds. The molecule has 0 saturated carbocycles. The van der Waals surface area contributed by atoms with Crippen molar-refractivity contribution in [1.29, 1.82) is 0 Å². The molecule has 0 saturated heterocycles. The van der Waals surface area contributed by atoms with Gasteiger partial charge < -0.3 is 0 Å². The number of allylic oxidation sites excluding steroid dienone is 1. The third-order valence-corrected chi connectivity index (χ3v) is 2.66. The maximum absolute atomic E-state index is 4.03. The van der Waals surface area contributed by atoms with Crippen molar-refractivity contribution in [3.63, 3.8) is 0 Å². The minimum Gasteiger partial charge on any atom is -0.251 e. The molecule has 0 fully saturated rings. The molecule has 0 atom stereocenters. The smallest absolute Gasteiger partial charge is 0.0276 e. The Morgan fingerprint density at radius 3 is 3.18 bits per heavy atom. The van der Waals surface area contributed by atoms with E-state index in [0.29, 0.717) is 0 Å². The van der Waals surface area contributed by atoms with Gasteiger partial charge in [-0.2, -0.15) is 0 Å². The van der Waals surface area contributed by atoms with Gasteiger partial charge >= 0.3 is 0 Å². The summed E-state index contributed by atoms with van der Waals surface area (Å²) in [5.74, 6) is 0. The molecule has 0 aromatic rings. The van der Waals surface area contributed by atoms with Gasteiger partial charge in [0.05, 0.1) is 0 Å². The zero-order valence-electron chi connectivity index (χ0n) is 6.68. The highest BCUT2D eigenvalue weighted by atomic mass is 33.1. The summed E-state index contributed by atoms with van der Waals surface area (Å²) in [6.45, 7) is 1.01. The average Bonchev–Trinajstić information content (AvgIpc) is 2.28. The Labute approximate surface area is 78.0 Å². The predicted molar refractivity (Wildman–Crippen MR) is 55.7 cm³/mol. The number of nitrogens with one attached hydrogen (secondary N) is 1. The SMILES string of the molecule is SSNCC1=CCCCCC1. The quantitative estimate of drug-likeness (QED) is 0.306. The van der Waals surface area contributed by atoms with Crippen molar-refractivity contribution >= 4 is 22.6 Å². The Bertz CT molecular complexity index is 134. The van der Waals surface area contributed by atoms with Gasteiger partial charge in [0.2, 0.25) is 0 Å². The molecule has 3 heteroatoms. The van der Waals surface area contributed by atoms with Crippen molar-refractivity contribution in [2.45, 2.75) is 32.1 Å². The highest BCUT2D eigenvalue weighted by Gasteiger charge is 2.01. The van der Waals surface area contributed by atoms with Crippen LogP contribution in [-0.2, 0) is 0 Å². The topological polar surface area (TPSA) is 12.0 Å². The van der Waals surface area contributed by atoms with E-state index < -0.39 is 0 Å². The van der Waals surface area contributed by atoms with E-state index in [1.807, 2.05) is 0 Å². The number of rotatable bonds is 3. The Morgan fingerprint density at radius 2 is 2.36 bits per heavy atom. The van der Waals surface area contributed by atoms with Crippen LogP contribution >= 0.6 is 22.6 Å². The Balaban J connectivity index is 2.23. The van der Waals surface area contributed by atoms with Crippen molar-refractivity contribution in [3.05, 3.63) is 11.6 Å².